The lowest BCUT2D eigenvalue weighted by Gasteiger charge is -2.27. The molecule has 35 heavy (non-hydrogen) atoms. The van der Waals surface area contributed by atoms with E-state index in [0.717, 1.165) is 39.7 Å². The van der Waals surface area contributed by atoms with Crippen molar-refractivity contribution < 1.29 is 14.7 Å². The van der Waals surface area contributed by atoms with E-state index in [0.29, 0.717) is 16.4 Å². The van der Waals surface area contributed by atoms with E-state index in [-0.39, 0.29) is 11.4 Å². The van der Waals surface area contributed by atoms with Gasteiger partial charge in [0.2, 0.25) is 5.78 Å². The van der Waals surface area contributed by atoms with Crippen molar-refractivity contribution in [3.8, 4) is 0 Å². The van der Waals surface area contributed by atoms with Crippen LogP contribution in [-0.2, 0) is 4.79 Å². The van der Waals surface area contributed by atoms with E-state index in [1.807, 2.05) is 78.9 Å². The minimum absolute atomic E-state index is 0.124. The molecule has 0 saturated carbocycles. The van der Waals surface area contributed by atoms with Crippen molar-refractivity contribution in [3.63, 3.8) is 0 Å². The van der Waals surface area contributed by atoms with Crippen LogP contribution in [0.4, 0.5) is 0 Å². The highest BCUT2D eigenvalue weighted by atomic mass is 79.9. The molecule has 0 saturated heterocycles. The summed E-state index contributed by atoms with van der Waals surface area (Å²) < 4.78 is 2.86. The molecule has 1 atom stereocenters. The van der Waals surface area contributed by atoms with Gasteiger partial charge in [-0.1, -0.05) is 51.5 Å². The molecule has 0 aliphatic carbocycles. The van der Waals surface area contributed by atoms with Crippen LogP contribution in [0.25, 0.3) is 16.0 Å². The van der Waals surface area contributed by atoms with E-state index >= 15 is 0 Å². The molecule has 2 aromatic carbocycles. The average Bonchev–Trinajstić information content (AvgIpc) is 3.44. The summed E-state index contributed by atoms with van der Waals surface area (Å²) in [5.41, 5.74) is 3.43. The van der Waals surface area contributed by atoms with Crippen LogP contribution in [-0.4, -0.2) is 63.2 Å². The Hall–Kier alpha value is -3.01. The number of para-hydroxylation sites is 2. The number of Topliss-reactive ketones (excluding diaryl/α,β-unsaturated/α-hetero) is 1. The molecule has 0 radical (unpaired) electrons. The van der Waals surface area contributed by atoms with Gasteiger partial charge < -0.3 is 14.9 Å². The molecule has 9 heteroatoms. The molecule has 5 rings (SSSR count). The second-order valence-corrected chi connectivity index (χ2v) is 10.8. The molecule has 1 aliphatic rings. The third kappa shape index (κ3) is 4.07. The quantitative estimate of drug-likeness (QED) is 0.321. The summed E-state index contributed by atoms with van der Waals surface area (Å²) in [5.74, 6) is -1.32. The average molecular weight is 553 g/mol. The molecule has 1 aliphatic heterocycles. The third-order valence-corrected chi connectivity index (χ3v) is 8.00. The van der Waals surface area contributed by atoms with Crippen LogP contribution in [0.5, 0.6) is 0 Å². The van der Waals surface area contributed by atoms with Crippen molar-refractivity contribution in [2.75, 3.05) is 27.2 Å². The van der Waals surface area contributed by atoms with Crippen LogP contribution in [0.15, 0.2) is 64.3 Å². The van der Waals surface area contributed by atoms with E-state index in [1.165, 1.54) is 11.3 Å². The molecule has 1 N–H and O–H groups in total. The lowest BCUT2D eigenvalue weighted by molar-refractivity contribution is -0.129. The Morgan fingerprint density at radius 3 is 2.60 bits per heavy atom. The molecular weight excluding hydrogens is 528 g/mol. The van der Waals surface area contributed by atoms with Gasteiger partial charge in [0.05, 0.1) is 27.5 Å². The van der Waals surface area contributed by atoms with Gasteiger partial charge in [-0.3, -0.25) is 14.0 Å². The zero-order valence-corrected chi connectivity index (χ0v) is 22.1. The number of carbonyl (C=O) groups is 2. The Kier molecular flexibility index (Phi) is 6.25. The highest BCUT2D eigenvalue weighted by Gasteiger charge is 2.44. The first-order valence-electron chi connectivity index (χ1n) is 11.3. The first kappa shape index (κ1) is 23.7. The van der Waals surface area contributed by atoms with Crippen molar-refractivity contribution >= 4 is 55.0 Å². The Labute approximate surface area is 215 Å². The van der Waals surface area contributed by atoms with Crippen LogP contribution in [0.1, 0.15) is 33.4 Å². The van der Waals surface area contributed by atoms with Gasteiger partial charge in [-0.05, 0) is 63.8 Å². The largest absolute Gasteiger partial charge is 0.503 e. The summed E-state index contributed by atoms with van der Waals surface area (Å²) in [6.07, 6.45) is 0.721. The molecule has 7 nitrogen and oxygen atoms in total. The number of imidazole rings is 1. The first-order chi connectivity index (χ1) is 16.8. The number of halogens is 1. The molecule has 3 heterocycles. The van der Waals surface area contributed by atoms with Gasteiger partial charge in [-0.2, -0.15) is 0 Å². The van der Waals surface area contributed by atoms with Crippen LogP contribution in [0.2, 0.25) is 0 Å². The maximum absolute atomic E-state index is 14.0. The van der Waals surface area contributed by atoms with Gasteiger partial charge in [0.15, 0.2) is 10.7 Å². The topological polar surface area (TPSA) is 78.2 Å². The molecule has 4 aromatic rings. The van der Waals surface area contributed by atoms with E-state index < -0.39 is 17.7 Å². The van der Waals surface area contributed by atoms with Gasteiger partial charge in [0.25, 0.3) is 5.91 Å². The number of hydrogen-bond donors (Lipinski definition) is 1. The van der Waals surface area contributed by atoms with E-state index in [4.69, 9.17) is 0 Å². The van der Waals surface area contributed by atoms with Crippen molar-refractivity contribution in [1.82, 2.24) is 19.2 Å². The minimum Gasteiger partial charge on any atom is -0.503 e. The van der Waals surface area contributed by atoms with E-state index in [1.54, 1.807) is 4.90 Å². The number of benzene rings is 2. The lowest BCUT2D eigenvalue weighted by atomic mass is 9.95. The van der Waals surface area contributed by atoms with Crippen LogP contribution in [0.3, 0.4) is 0 Å². The highest BCUT2D eigenvalue weighted by molar-refractivity contribution is 9.10. The minimum atomic E-state index is -0.657. The third-order valence-electron chi connectivity index (χ3n) is 6.33. The number of hydrogen-bond acceptors (Lipinski definition) is 6. The Balaban J connectivity index is 1.59. The normalized spacial score (nSPS) is 16.4. The number of rotatable bonds is 7. The van der Waals surface area contributed by atoms with Crippen molar-refractivity contribution in [2.45, 2.75) is 19.4 Å². The SMILES string of the molecule is Cc1c(C(=O)C2=C(O)C(=O)N(CCCN(C)C)C2c2ccc(Br)cc2)sc2nc3ccccc3n12. The summed E-state index contributed by atoms with van der Waals surface area (Å²) in [6.45, 7) is 3.09. The zero-order chi connectivity index (χ0) is 24.9. The highest BCUT2D eigenvalue weighted by Crippen LogP contribution is 2.41. The second-order valence-electron chi connectivity index (χ2n) is 8.94. The Morgan fingerprint density at radius 2 is 1.89 bits per heavy atom. The number of ketones is 1. The van der Waals surface area contributed by atoms with Gasteiger partial charge in [-0.25, -0.2) is 4.98 Å². The smallest absolute Gasteiger partial charge is 0.290 e. The van der Waals surface area contributed by atoms with Crippen LogP contribution in [0, 0.1) is 6.92 Å². The number of thiazole rings is 1. The fourth-order valence-corrected chi connectivity index (χ4v) is 6.02. The maximum atomic E-state index is 14.0. The van der Waals surface area contributed by atoms with E-state index in [2.05, 4.69) is 20.9 Å². The van der Waals surface area contributed by atoms with Crippen LogP contribution < -0.4 is 0 Å². The summed E-state index contributed by atoms with van der Waals surface area (Å²) in [6, 6.07) is 14.7. The number of carbonyl (C=O) groups excluding carboxylic acids is 2. The molecule has 0 fully saturated rings. The number of aliphatic hydroxyl groups is 1. The molecule has 2 aromatic heterocycles. The number of aliphatic hydroxyl groups excluding tert-OH is 1. The van der Waals surface area contributed by atoms with E-state index in [9.17, 15) is 14.7 Å². The number of fused-ring (bicyclic) bond motifs is 3. The molecule has 1 unspecified atom stereocenters. The predicted octanol–water partition coefficient (Wildman–Crippen LogP) is 5.15. The number of aromatic nitrogens is 2. The summed E-state index contributed by atoms with van der Waals surface area (Å²) in [7, 11) is 3.95. The van der Waals surface area contributed by atoms with Crippen molar-refractivity contribution in [1.29, 1.82) is 0 Å². The summed E-state index contributed by atoms with van der Waals surface area (Å²) in [4.78, 5) is 36.7. The second kappa shape index (κ2) is 9.22. The maximum Gasteiger partial charge on any atom is 0.290 e. The van der Waals surface area contributed by atoms with Crippen molar-refractivity contribution in [3.05, 3.63) is 80.5 Å². The van der Waals surface area contributed by atoms with Crippen molar-refractivity contribution in [2.24, 2.45) is 0 Å². The standard InChI is InChI=1S/C26H25BrN4O3S/c1-15-24(35-26-28-18-7-4-5-8-19(18)31(15)26)22(32)20-21(16-9-11-17(27)12-10-16)30(25(34)23(20)33)14-6-13-29(2)3/h4-5,7-12,21,33H,6,13-14H2,1-3H3. The molecule has 0 bridgehead atoms. The summed E-state index contributed by atoms with van der Waals surface area (Å²) in [5, 5.41) is 11.0. The molecular formula is C26H25BrN4O3S. The molecule has 180 valence electrons. The number of nitrogens with zero attached hydrogens (tertiary/aromatic N) is 4. The Morgan fingerprint density at radius 1 is 1.17 bits per heavy atom. The van der Waals surface area contributed by atoms with Gasteiger partial charge >= 0.3 is 0 Å². The number of aryl methyl sites for hydroxylation is 1. The Bertz CT molecular complexity index is 1490. The lowest BCUT2D eigenvalue weighted by Crippen LogP contribution is -2.33. The summed E-state index contributed by atoms with van der Waals surface area (Å²) >= 11 is 4.74. The number of amides is 1. The fourth-order valence-electron chi connectivity index (χ4n) is 4.66. The van der Waals surface area contributed by atoms with Gasteiger partial charge in [-0.15, -0.1) is 0 Å². The van der Waals surface area contributed by atoms with Gasteiger partial charge in [0, 0.05) is 16.7 Å². The molecule has 1 amide bonds. The van der Waals surface area contributed by atoms with Gasteiger partial charge in [0.1, 0.15) is 0 Å². The van der Waals surface area contributed by atoms with Crippen LogP contribution >= 0.6 is 27.3 Å². The fraction of sp³-hybridized carbons (Fsp3) is 0.269. The first-order valence-corrected chi connectivity index (χ1v) is 12.9. The monoisotopic (exact) mass is 552 g/mol. The molecule has 0 spiro atoms. The predicted molar refractivity (Wildman–Crippen MR) is 141 cm³/mol. The zero-order valence-electron chi connectivity index (χ0n) is 19.7.